The second kappa shape index (κ2) is 6.88. The molecule has 1 saturated carbocycles. The molecule has 0 saturated heterocycles. The predicted molar refractivity (Wildman–Crippen MR) is 115 cm³/mol. The van der Waals surface area contributed by atoms with Gasteiger partial charge in [0.25, 0.3) is 0 Å². The van der Waals surface area contributed by atoms with Crippen molar-refractivity contribution in [3.05, 3.63) is 53.2 Å². The molecular weight excluding hydrogens is 386 g/mol. The highest BCUT2D eigenvalue weighted by molar-refractivity contribution is 6.34. The van der Waals surface area contributed by atoms with Gasteiger partial charge in [0.05, 0.1) is 22.8 Å². The summed E-state index contributed by atoms with van der Waals surface area (Å²) in [6.45, 7) is 2.05. The van der Waals surface area contributed by atoms with E-state index in [1.807, 2.05) is 12.1 Å². The second-order valence-corrected chi connectivity index (χ2v) is 8.30. The fourth-order valence-electron chi connectivity index (χ4n) is 4.71. The molecule has 2 heterocycles. The Bertz CT molecular complexity index is 1140. The fourth-order valence-corrected chi connectivity index (χ4v) is 4.91. The van der Waals surface area contributed by atoms with E-state index in [-0.39, 0.29) is 23.8 Å². The Labute approximate surface area is 173 Å². The first-order chi connectivity index (χ1) is 14.0. The quantitative estimate of drug-likeness (QED) is 0.572. The normalized spacial score (nSPS) is 24.9. The van der Waals surface area contributed by atoms with Crippen molar-refractivity contribution in [1.82, 2.24) is 20.3 Å². The van der Waals surface area contributed by atoms with Crippen LogP contribution in [0.5, 0.6) is 0 Å². The number of amides is 1. The summed E-state index contributed by atoms with van der Waals surface area (Å²) in [5, 5.41) is 6.89. The van der Waals surface area contributed by atoms with Crippen LogP contribution in [0.2, 0.25) is 5.02 Å². The molecule has 2 aliphatic rings. The van der Waals surface area contributed by atoms with E-state index < -0.39 is 0 Å². The minimum absolute atomic E-state index is 0.0150. The maximum Gasteiger partial charge on any atom is 0.225 e. The van der Waals surface area contributed by atoms with Crippen molar-refractivity contribution in [2.45, 2.75) is 19.4 Å². The number of fused-ring (bicyclic) bond motifs is 3. The number of allylic oxidation sites excluding steroid dienone is 1. The molecule has 6 nitrogen and oxygen atoms in total. The highest BCUT2D eigenvalue weighted by Gasteiger charge is 2.48. The van der Waals surface area contributed by atoms with Crippen molar-refractivity contribution in [3.63, 3.8) is 0 Å². The Hall–Kier alpha value is -2.86. The zero-order chi connectivity index (χ0) is 20.1. The number of nitrogens with one attached hydrogen (secondary N) is 3. The van der Waals surface area contributed by atoms with E-state index in [2.05, 4.69) is 56.8 Å². The zero-order valence-corrected chi connectivity index (χ0v) is 17.0. The van der Waals surface area contributed by atoms with Crippen LogP contribution in [-0.2, 0) is 4.79 Å². The van der Waals surface area contributed by atoms with Gasteiger partial charge in [0.1, 0.15) is 11.3 Å². The van der Waals surface area contributed by atoms with Gasteiger partial charge >= 0.3 is 0 Å². The second-order valence-electron chi connectivity index (χ2n) is 7.89. The molecule has 5 rings (SSSR count). The largest absolute Gasteiger partial charge is 0.378 e. The van der Waals surface area contributed by atoms with E-state index >= 15 is 0 Å². The Morgan fingerprint density at radius 3 is 2.90 bits per heavy atom. The maximum atomic E-state index is 12.5. The number of aromatic nitrogens is 3. The summed E-state index contributed by atoms with van der Waals surface area (Å²) in [7, 11) is 1.69. The van der Waals surface area contributed by atoms with Crippen LogP contribution in [0, 0.1) is 24.7 Å². The van der Waals surface area contributed by atoms with Gasteiger partial charge in [-0.2, -0.15) is 0 Å². The topological polar surface area (TPSA) is 82.7 Å². The summed E-state index contributed by atoms with van der Waals surface area (Å²) in [4.78, 5) is 25.0. The number of halogens is 1. The van der Waals surface area contributed by atoms with E-state index in [9.17, 15) is 4.79 Å². The van der Waals surface area contributed by atoms with Gasteiger partial charge < -0.3 is 15.6 Å². The number of carbonyl (C=O) groups excluding carboxylic acids is 1. The van der Waals surface area contributed by atoms with Gasteiger partial charge in [0.15, 0.2) is 5.65 Å². The molecule has 2 aliphatic carbocycles. The third kappa shape index (κ3) is 2.99. The Morgan fingerprint density at radius 1 is 1.28 bits per heavy atom. The van der Waals surface area contributed by atoms with Gasteiger partial charge in [-0.15, -0.1) is 0 Å². The Kier molecular flexibility index (Phi) is 4.32. The predicted octanol–water partition coefficient (Wildman–Crippen LogP) is 3.94. The molecule has 4 unspecified atom stereocenters. The average molecular weight is 408 g/mol. The lowest BCUT2D eigenvalue weighted by Crippen LogP contribution is -2.42. The summed E-state index contributed by atoms with van der Waals surface area (Å²) in [5.74, 6) is 1.26. The third-order valence-corrected chi connectivity index (χ3v) is 6.37. The van der Waals surface area contributed by atoms with Gasteiger partial charge in [-0.1, -0.05) is 47.5 Å². The number of hydrogen-bond donors (Lipinski definition) is 3. The van der Waals surface area contributed by atoms with E-state index in [4.69, 9.17) is 11.6 Å². The smallest absolute Gasteiger partial charge is 0.225 e. The monoisotopic (exact) mass is 407 g/mol. The molecule has 1 fully saturated rings. The number of carbonyl (C=O) groups is 1. The minimum atomic E-state index is -0.117. The number of aryl methyl sites for hydroxylation is 1. The highest BCUT2D eigenvalue weighted by Crippen LogP contribution is 2.46. The summed E-state index contributed by atoms with van der Waals surface area (Å²) >= 11 is 6.53. The Balaban J connectivity index is 1.55. The molecule has 7 heteroatoms. The number of rotatable bonds is 4. The zero-order valence-electron chi connectivity index (χ0n) is 16.2. The molecule has 148 valence electrons. The van der Waals surface area contributed by atoms with Crippen molar-refractivity contribution >= 4 is 34.4 Å². The van der Waals surface area contributed by atoms with Crippen molar-refractivity contribution in [2.24, 2.45) is 17.8 Å². The number of imidazole rings is 1. The summed E-state index contributed by atoms with van der Waals surface area (Å²) in [6.07, 6.45) is 6.97. The molecule has 4 atom stereocenters. The van der Waals surface area contributed by atoms with Gasteiger partial charge in [-0.3, -0.25) is 4.79 Å². The standard InChI is InChI=1S/C22H22ClN5O/c1-11-4-3-5-14(8-11)20-27-19-18(15(23)10-25-21(19)28-20)26-17-13-7-6-12(9-13)16(17)22(29)24-2/h3-8,10,12-13,16-17H,9H2,1-2H3,(H,24,29)(H2,25,26,27,28). The average Bonchev–Trinajstić information content (AvgIpc) is 3.44. The van der Waals surface area contributed by atoms with Gasteiger partial charge in [0.2, 0.25) is 5.91 Å². The van der Waals surface area contributed by atoms with E-state index in [0.717, 1.165) is 34.6 Å². The molecule has 3 N–H and O–H groups in total. The van der Waals surface area contributed by atoms with Crippen LogP contribution in [0.4, 0.5) is 5.69 Å². The van der Waals surface area contributed by atoms with Crippen LogP contribution in [0.25, 0.3) is 22.6 Å². The summed E-state index contributed by atoms with van der Waals surface area (Å²) in [5.41, 5.74) is 4.27. The van der Waals surface area contributed by atoms with Crippen molar-refractivity contribution in [2.75, 3.05) is 12.4 Å². The van der Waals surface area contributed by atoms with Crippen LogP contribution in [-0.4, -0.2) is 33.9 Å². The number of pyridine rings is 1. The minimum Gasteiger partial charge on any atom is -0.378 e. The van der Waals surface area contributed by atoms with Crippen LogP contribution in [0.3, 0.4) is 0 Å². The molecule has 0 spiro atoms. The van der Waals surface area contributed by atoms with E-state index in [1.54, 1.807) is 13.2 Å². The maximum absolute atomic E-state index is 12.5. The lowest BCUT2D eigenvalue weighted by molar-refractivity contribution is -0.125. The number of benzene rings is 1. The number of anilines is 1. The molecule has 3 aromatic rings. The number of aromatic amines is 1. The lowest BCUT2D eigenvalue weighted by Gasteiger charge is -2.28. The highest BCUT2D eigenvalue weighted by atomic mass is 35.5. The van der Waals surface area contributed by atoms with Gasteiger partial charge in [0, 0.05) is 18.7 Å². The molecule has 0 aliphatic heterocycles. The lowest BCUT2D eigenvalue weighted by atomic mass is 9.88. The molecular formula is C22H22ClN5O. The van der Waals surface area contributed by atoms with Crippen molar-refractivity contribution < 1.29 is 4.79 Å². The third-order valence-electron chi connectivity index (χ3n) is 6.08. The molecule has 2 aromatic heterocycles. The number of nitrogens with zero attached hydrogens (tertiary/aromatic N) is 2. The first-order valence-corrected chi connectivity index (χ1v) is 10.2. The van der Waals surface area contributed by atoms with Gasteiger partial charge in [-0.25, -0.2) is 9.97 Å². The number of hydrogen-bond acceptors (Lipinski definition) is 4. The number of H-pyrrole nitrogens is 1. The first-order valence-electron chi connectivity index (χ1n) is 9.83. The molecule has 2 bridgehead atoms. The van der Waals surface area contributed by atoms with Crippen LogP contribution in [0.1, 0.15) is 12.0 Å². The summed E-state index contributed by atoms with van der Waals surface area (Å²) in [6, 6.07) is 8.14. The van der Waals surface area contributed by atoms with Crippen molar-refractivity contribution in [3.8, 4) is 11.4 Å². The van der Waals surface area contributed by atoms with Crippen molar-refractivity contribution in [1.29, 1.82) is 0 Å². The molecule has 0 radical (unpaired) electrons. The molecule has 1 aromatic carbocycles. The first kappa shape index (κ1) is 18.2. The summed E-state index contributed by atoms with van der Waals surface area (Å²) < 4.78 is 0. The molecule has 1 amide bonds. The van der Waals surface area contributed by atoms with Crippen LogP contribution >= 0.6 is 11.6 Å². The SMILES string of the molecule is CNC(=O)C1C2C=CC(C2)C1Nc1c(Cl)cnc2nc(-c3cccc(C)c3)[nH]c12. The van der Waals surface area contributed by atoms with E-state index in [0.29, 0.717) is 16.6 Å². The molecule has 29 heavy (non-hydrogen) atoms. The fraction of sp³-hybridized carbons (Fsp3) is 0.318. The van der Waals surface area contributed by atoms with E-state index in [1.165, 1.54) is 0 Å². The van der Waals surface area contributed by atoms with Crippen LogP contribution < -0.4 is 10.6 Å². The van der Waals surface area contributed by atoms with Gasteiger partial charge in [-0.05, 0) is 31.2 Å². The Morgan fingerprint density at radius 2 is 2.10 bits per heavy atom. The van der Waals surface area contributed by atoms with Crippen LogP contribution in [0.15, 0.2) is 42.6 Å².